The van der Waals surface area contributed by atoms with Crippen LogP contribution in [-0.2, 0) is 0 Å². The minimum Gasteiger partial charge on any atom is -0.276 e. The van der Waals surface area contributed by atoms with E-state index in [0.29, 0.717) is 11.3 Å². The maximum Gasteiger partial charge on any atom is 0.205 e. The van der Waals surface area contributed by atoms with Crippen molar-refractivity contribution in [2.75, 3.05) is 0 Å². The Hall–Kier alpha value is -6.10. The Morgan fingerprint density at radius 3 is 1.38 bits per heavy atom. The summed E-state index contributed by atoms with van der Waals surface area (Å²) in [5.41, 5.74) is 9.62. The van der Waals surface area contributed by atoms with E-state index in [2.05, 4.69) is 118 Å². The number of nitrogens with zero attached hydrogens (tertiary/aromatic N) is 4. The van der Waals surface area contributed by atoms with E-state index in [4.69, 9.17) is 6.57 Å². The molecule has 194 valence electrons. The zero-order valence-electron chi connectivity index (χ0n) is 22.5. The van der Waals surface area contributed by atoms with E-state index in [-0.39, 0.29) is 0 Å². The van der Waals surface area contributed by atoms with Gasteiger partial charge in [0.1, 0.15) is 6.07 Å². The Morgan fingerprint density at radius 1 is 0.500 bits per heavy atom. The van der Waals surface area contributed by atoms with Gasteiger partial charge >= 0.3 is 0 Å². The van der Waals surface area contributed by atoms with Crippen LogP contribution in [0.15, 0.2) is 134 Å². The second-order valence-corrected chi connectivity index (χ2v) is 10.1. The average molecular weight is 535 g/mol. The van der Waals surface area contributed by atoms with Crippen LogP contribution in [0.3, 0.4) is 0 Å². The second kappa shape index (κ2) is 10.5. The molecule has 0 atom stereocenters. The molecule has 4 heteroatoms. The molecule has 0 unspecified atom stereocenters. The van der Waals surface area contributed by atoms with Crippen molar-refractivity contribution in [3.8, 4) is 50.6 Å². The van der Waals surface area contributed by atoms with Crippen LogP contribution >= 0.6 is 0 Å². The van der Waals surface area contributed by atoms with Crippen LogP contribution in [0.1, 0.15) is 5.56 Å². The van der Waals surface area contributed by atoms with Gasteiger partial charge in [-0.25, -0.2) is 4.85 Å². The monoisotopic (exact) mass is 534 g/mol. The number of nitriles is 1. The molecular formula is C38H22N4. The van der Waals surface area contributed by atoms with Crippen molar-refractivity contribution < 1.29 is 0 Å². The van der Waals surface area contributed by atoms with Crippen molar-refractivity contribution in [2.24, 2.45) is 0 Å². The fourth-order valence-corrected chi connectivity index (χ4v) is 5.71. The molecule has 0 aliphatic heterocycles. The first-order valence-corrected chi connectivity index (χ1v) is 13.6. The van der Waals surface area contributed by atoms with Gasteiger partial charge in [-0.05, 0) is 72.6 Å². The van der Waals surface area contributed by atoms with Crippen molar-refractivity contribution in [1.82, 2.24) is 9.97 Å². The number of fused-ring (bicyclic) bond motifs is 2. The normalized spacial score (nSPS) is 10.8. The van der Waals surface area contributed by atoms with Gasteiger partial charge in [-0.2, -0.15) is 5.26 Å². The smallest absolute Gasteiger partial charge is 0.205 e. The molecule has 7 rings (SSSR count). The lowest BCUT2D eigenvalue weighted by atomic mass is 9.85. The number of hydrogen-bond acceptors (Lipinski definition) is 3. The molecule has 0 aliphatic carbocycles. The summed E-state index contributed by atoms with van der Waals surface area (Å²) in [5.74, 6) is 0. The van der Waals surface area contributed by atoms with Crippen molar-refractivity contribution in [2.45, 2.75) is 0 Å². The van der Waals surface area contributed by atoms with Gasteiger partial charge in [-0.15, -0.1) is 0 Å². The van der Waals surface area contributed by atoms with E-state index in [1.165, 1.54) is 32.7 Å². The fourth-order valence-electron chi connectivity index (χ4n) is 5.71. The summed E-state index contributed by atoms with van der Waals surface area (Å²) in [6.07, 6.45) is 6.75. The average Bonchev–Trinajstić information content (AvgIpc) is 3.07. The first-order valence-electron chi connectivity index (χ1n) is 13.6. The molecule has 0 aliphatic rings. The summed E-state index contributed by atoms with van der Waals surface area (Å²) in [6.45, 7) is 7.32. The molecule has 42 heavy (non-hydrogen) atoms. The molecule has 2 heterocycles. The SMILES string of the molecule is [C-]#[N+]c1cncc(-c2ccc(-c3c4ccccc4c(-c4ccc(-c5cncc(C#N)c5)cc4)c4ccccc34)cc2)c1. The molecule has 5 aromatic carbocycles. The fraction of sp³-hybridized carbons (Fsp3) is 0. The summed E-state index contributed by atoms with van der Waals surface area (Å²) in [7, 11) is 0. The first-order chi connectivity index (χ1) is 20.7. The number of benzene rings is 5. The van der Waals surface area contributed by atoms with Crippen LogP contribution in [0, 0.1) is 17.9 Å². The van der Waals surface area contributed by atoms with Gasteiger partial charge in [0.2, 0.25) is 5.69 Å². The van der Waals surface area contributed by atoms with Crippen molar-refractivity contribution in [1.29, 1.82) is 5.26 Å². The molecule has 0 saturated carbocycles. The molecule has 2 aromatic heterocycles. The molecular weight excluding hydrogens is 512 g/mol. The van der Waals surface area contributed by atoms with E-state index in [0.717, 1.165) is 33.4 Å². The maximum absolute atomic E-state index is 9.29. The van der Waals surface area contributed by atoms with Crippen LogP contribution in [0.4, 0.5) is 5.69 Å². The Morgan fingerprint density at radius 2 is 0.929 bits per heavy atom. The van der Waals surface area contributed by atoms with E-state index in [1.54, 1.807) is 24.8 Å². The molecule has 0 fully saturated rings. The second-order valence-electron chi connectivity index (χ2n) is 10.1. The van der Waals surface area contributed by atoms with E-state index >= 15 is 0 Å². The zero-order chi connectivity index (χ0) is 28.5. The minimum atomic E-state index is 0.532. The van der Waals surface area contributed by atoms with Gasteiger partial charge in [0.05, 0.1) is 12.1 Å². The van der Waals surface area contributed by atoms with Crippen molar-refractivity contribution in [3.05, 3.63) is 151 Å². The topological polar surface area (TPSA) is 53.9 Å². The number of aromatic nitrogens is 2. The third kappa shape index (κ3) is 4.34. The maximum atomic E-state index is 9.29. The Labute approximate surface area is 243 Å². The standard InChI is InChI=1S/C38H22N4/c1-40-32-19-31(23-42-24-32)27-12-16-29(17-13-27)38-35-8-4-2-6-33(35)37(34-7-3-5-9-36(34)38)28-14-10-26(11-15-28)30-18-25(20-39)21-41-22-30/h2-19,21-24H. The van der Waals surface area contributed by atoms with Crippen LogP contribution < -0.4 is 0 Å². The highest BCUT2D eigenvalue weighted by molar-refractivity contribution is 6.21. The van der Waals surface area contributed by atoms with Crippen LogP contribution in [0.2, 0.25) is 0 Å². The highest BCUT2D eigenvalue weighted by Gasteiger charge is 2.16. The minimum absolute atomic E-state index is 0.532. The molecule has 7 aromatic rings. The predicted molar refractivity (Wildman–Crippen MR) is 170 cm³/mol. The van der Waals surface area contributed by atoms with Gasteiger partial charge in [-0.3, -0.25) is 9.97 Å². The van der Waals surface area contributed by atoms with E-state index < -0.39 is 0 Å². The summed E-state index contributed by atoms with van der Waals surface area (Å²) >= 11 is 0. The molecule has 0 amide bonds. The Kier molecular flexibility index (Phi) is 6.21. The van der Waals surface area contributed by atoms with E-state index in [1.807, 2.05) is 12.1 Å². The molecule has 0 saturated heterocycles. The number of pyridine rings is 2. The summed E-state index contributed by atoms with van der Waals surface area (Å²) in [5, 5.41) is 14.0. The highest BCUT2D eigenvalue weighted by Crippen LogP contribution is 2.44. The van der Waals surface area contributed by atoms with Gasteiger partial charge < -0.3 is 0 Å². The zero-order valence-corrected chi connectivity index (χ0v) is 22.5. The van der Waals surface area contributed by atoms with E-state index in [9.17, 15) is 5.26 Å². The predicted octanol–water partition coefficient (Wildman–Crippen LogP) is 9.87. The summed E-state index contributed by atoms with van der Waals surface area (Å²) < 4.78 is 0. The molecule has 0 radical (unpaired) electrons. The van der Waals surface area contributed by atoms with Gasteiger partial charge in [-0.1, -0.05) is 97.1 Å². The van der Waals surface area contributed by atoms with Crippen LogP contribution in [0.25, 0.3) is 70.9 Å². The lowest BCUT2D eigenvalue weighted by molar-refractivity contribution is 1.30. The molecule has 0 N–H and O–H groups in total. The third-order valence-corrected chi connectivity index (χ3v) is 7.67. The van der Waals surface area contributed by atoms with Gasteiger partial charge in [0.15, 0.2) is 0 Å². The molecule has 0 bridgehead atoms. The lowest BCUT2D eigenvalue weighted by Gasteiger charge is -2.18. The number of hydrogen-bond donors (Lipinski definition) is 0. The Balaban J connectivity index is 1.38. The summed E-state index contributed by atoms with van der Waals surface area (Å²) in [4.78, 5) is 12.0. The van der Waals surface area contributed by atoms with Crippen molar-refractivity contribution in [3.63, 3.8) is 0 Å². The quantitative estimate of drug-likeness (QED) is 0.167. The highest BCUT2D eigenvalue weighted by atomic mass is 14.7. The largest absolute Gasteiger partial charge is 0.276 e. The lowest BCUT2D eigenvalue weighted by Crippen LogP contribution is -1.91. The molecule has 0 spiro atoms. The third-order valence-electron chi connectivity index (χ3n) is 7.67. The van der Waals surface area contributed by atoms with Crippen LogP contribution in [-0.4, -0.2) is 9.97 Å². The van der Waals surface area contributed by atoms with Crippen molar-refractivity contribution >= 4 is 27.2 Å². The van der Waals surface area contributed by atoms with Crippen LogP contribution in [0.5, 0.6) is 0 Å². The van der Waals surface area contributed by atoms with Gasteiger partial charge in [0.25, 0.3) is 0 Å². The molecule has 4 nitrogen and oxygen atoms in total. The summed E-state index contributed by atoms with van der Waals surface area (Å²) in [6, 6.07) is 40.1. The first kappa shape index (κ1) is 24.9. The Bertz CT molecular complexity index is 1980. The number of rotatable bonds is 4. The van der Waals surface area contributed by atoms with Gasteiger partial charge in [0, 0.05) is 30.4 Å².